The van der Waals surface area contributed by atoms with E-state index in [1.807, 2.05) is 6.07 Å². The Balaban J connectivity index is 1.20. The van der Waals surface area contributed by atoms with Gasteiger partial charge >= 0.3 is 0 Å². The van der Waals surface area contributed by atoms with Crippen molar-refractivity contribution in [3.63, 3.8) is 0 Å². The molecule has 6 nitrogen and oxygen atoms in total. The van der Waals surface area contributed by atoms with E-state index in [9.17, 15) is 19.5 Å². The van der Waals surface area contributed by atoms with Gasteiger partial charge < -0.3 is 5.11 Å². The molecule has 40 heavy (non-hydrogen) atoms. The maximum atomic E-state index is 13.1. The number of aliphatic imine (C=N–C) groups is 2. The molecule has 1 aromatic carbocycles. The van der Waals surface area contributed by atoms with Crippen LogP contribution in [0.2, 0.25) is 0 Å². The molecule has 202 valence electrons. The van der Waals surface area contributed by atoms with Crippen molar-refractivity contribution >= 4 is 61.4 Å². The minimum atomic E-state index is -1.02. The lowest BCUT2D eigenvalue weighted by molar-refractivity contribution is -0.120. The first-order valence-corrected chi connectivity index (χ1v) is 16.0. The van der Waals surface area contributed by atoms with Gasteiger partial charge in [0.25, 0.3) is 0 Å². The number of hydrogen-bond acceptors (Lipinski definition) is 8. The van der Waals surface area contributed by atoms with Crippen molar-refractivity contribution in [2.75, 3.05) is 0 Å². The average molecular weight is 569 g/mol. The zero-order valence-electron chi connectivity index (χ0n) is 21.9. The standard InChI is InChI=1S/C32H28N2O4S2/c35-26-16-8-2-3-9-17(16)27(36)24(26)33-22-14-20-30(39-22)31-21(32(20)12-6-1-7-13-32)15-23(40-31)34-25-28(37)18-10-4-5-11-19(18)29(25)38/h2-3,8-9,14-15,18-19,26,35H,1,4-7,10-13H2. The molecule has 3 aromatic rings. The van der Waals surface area contributed by atoms with E-state index >= 15 is 0 Å². The number of thiophene rings is 2. The summed E-state index contributed by atoms with van der Waals surface area (Å²) in [5, 5.41) is 12.3. The molecule has 1 spiro atoms. The molecule has 1 N–H and O–H groups in total. The van der Waals surface area contributed by atoms with Crippen LogP contribution in [-0.2, 0) is 15.0 Å². The number of ketones is 3. The Bertz CT molecular complexity index is 1660. The molecule has 3 unspecified atom stereocenters. The van der Waals surface area contributed by atoms with Crippen LogP contribution in [0.3, 0.4) is 0 Å². The number of nitrogens with zero attached hydrogens (tertiary/aromatic N) is 2. The fraction of sp³-hybridized carbons (Fsp3) is 0.406. The van der Waals surface area contributed by atoms with E-state index in [-0.39, 0.29) is 46.0 Å². The van der Waals surface area contributed by atoms with Crippen molar-refractivity contribution in [1.82, 2.24) is 0 Å². The highest BCUT2D eigenvalue weighted by Gasteiger charge is 2.49. The van der Waals surface area contributed by atoms with Crippen molar-refractivity contribution in [3.05, 3.63) is 58.7 Å². The van der Waals surface area contributed by atoms with E-state index in [1.165, 1.54) is 17.5 Å². The Morgan fingerprint density at radius 2 is 1.38 bits per heavy atom. The van der Waals surface area contributed by atoms with E-state index in [4.69, 9.17) is 9.98 Å². The normalized spacial score (nSPS) is 27.3. The van der Waals surface area contributed by atoms with Gasteiger partial charge in [-0.05, 0) is 54.5 Å². The summed E-state index contributed by atoms with van der Waals surface area (Å²) >= 11 is 3.11. The fourth-order valence-electron chi connectivity index (χ4n) is 7.79. The smallest absolute Gasteiger partial charge is 0.210 e. The molecule has 8 rings (SSSR count). The second-order valence-electron chi connectivity index (χ2n) is 11.8. The van der Waals surface area contributed by atoms with Gasteiger partial charge in [0.2, 0.25) is 5.78 Å². The Hall–Kier alpha value is -3.07. The molecule has 0 aliphatic heterocycles. The van der Waals surface area contributed by atoms with Crippen LogP contribution in [0.4, 0.5) is 10.0 Å². The highest BCUT2D eigenvalue weighted by Crippen LogP contribution is 2.62. The maximum Gasteiger partial charge on any atom is 0.210 e. The largest absolute Gasteiger partial charge is 0.382 e. The SMILES string of the molecule is O=C1C(=Nc2cc3c(s2)-c2sc(N=C4C(=O)C5CCCCC5C4=O)cc2C32CCCCC2)C(O)c2ccccc21. The molecule has 0 bridgehead atoms. The van der Waals surface area contributed by atoms with Crippen LogP contribution in [0.25, 0.3) is 9.75 Å². The van der Waals surface area contributed by atoms with Crippen molar-refractivity contribution in [2.45, 2.75) is 69.3 Å². The van der Waals surface area contributed by atoms with Gasteiger partial charge in [0, 0.05) is 22.8 Å². The molecule has 3 saturated carbocycles. The molecule has 3 fully saturated rings. The van der Waals surface area contributed by atoms with Gasteiger partial charge in [0.1, 0.15) is 21.8 Å². The number of fused-ring (bicyclic) bond motifs is 7. The summed E-state index contributed by atoms with van der Waals surface area (Å²) in [6.07, 6.45) is 8.11. The second kappa shape index (κ2) is 8.96. The number of aliphatic hydroxyl groups excluding tert-OH is 1. The van der Waals surface area contributed by atoms with E-state index in [1.54, 1.807) is 40.9 Å². The van der Waals surface area contributed by atoms with E-state index in [0.29, 0.717) is 11.1 Å². The third-order valence-corrected chi connectivity index (χ3v) is 12.0. The van der Waals surface area contributed by atoms with E-state index in [2.05, 4.69) is 12.1 Å². The Kier molecular flexibility index (Phi) is 5.54. The fourth-order valence-corrected chi connectivity index (χ4v) is 10.2. The van der Waals surface area contributed by atoms with Gasteiger partial charge in [-0.3, -0.25) is 14.4 Å². The topological polar surface area (TPSA) is 96.2 Å². The summed E-state index contributed by atoms with van der Waals surface area (Å²) in [5.41, 5.74) is 3.84. The zero-order valence-corrected chi connectivity index (χ0v) is 23.6. The molecule has 5 aliphatic carbocycles. The first-order chi connectivity index (χ1) is 19.5. The summed E-state index contributed by atoms with van der Waals surface area (Å²) in [5.74, 6) is -0.702. The lowest BCUT2D eigenvalue weighted by atomic mass is 9.68. The van der Waals surface area contributed by atoms with Gasteiger partial charge in [-0.15, -0.1) is 22.7 Å². The maximum absolute atomic E-state index is 13.1. The molecular formula is C32H28N2O4S2. The van der Waals surface area contributed by atoms with Gasteiger partial charge in [0.15, 0.2) is 17.3 Å². The van der Waals surface area contributed by atoms with Crippen molar-refractivity contribution in [2.24, 2.45) is 21.8 Å². The van der Waals surface area contributed by atoms with Gasteiger partial charge in [-0.25, -0.2) is 9.98 Å². The third kappa shape index (κ3) is 3.39. The van der Waals surface area contributed by atoms with Crippen molar-refractivity contribution in [1.29, 1.82) is 0 Å². The monoisotopic (exact) mass is 568 g/mol. The highest BCUT2D eigenvalue weighted by molar-refractivity contribution is 7.26. The van der Waals surface area contributed by atoms with Crippen LogP contribution in [-0.4, -0.2) is 33.9 Å². The molecule has 2 heterocycles. The quantitative estimate of drug-likeness (QED) is 0.358. The number of aliphatic hydroxyl groups is 1. The Labute approximate surface area is 239 Å². The van der Waals surface area contributed by atoms with Gasteiger partial charge in [-0.1, -0.05) is 56.4 Å². The number of hydrogen-bond donors (Lipinski definition) is 1. The summed E-state index contributed by atoms with van der Waals surface area (Å²) in [6.45, 7) is 0. The van der Waals surface area contributed by atoms with E-state index < -0.39 is 6.10 Å². The molecule has 0 radical (unpaired) electrons. The lowest BCUT2D eigenvalue weighted by Crippen LogP contribution is -2.27. The predicted octanol–water partition coefficient (Wildman–Crippen LogP) is 7.07. The summed E-state index contributed by atoms with van der Waals surface area (Å²) < 4.78 is 0. The summed E-state index contributed by atoms with van der Waals surface area (Å²) in [6, 6.07) is 11.4. The molecule has 8 heteroatoms. The van der Waals surface area contributed by atoms with E-state index in [0.717, 1.165) is 71.1 Å². The molecular weight excluding hydrogens is 540 g/mol. The number of rotatable bonds is 2. The number of carbonyl (C=O) groups excluding carboxylic acids is 3. The molecule has 5 aliphatic rings. The first-order valence-electron chi connectivity index (χ1n) is 14.3. The predicted molar refractivity (Wildman–Crippen MR) is 157 cm³/mol. The van der Waals surface area contributed by atoms with Crippen LogP contribution in [0.1, 0.15) is 90.9 Å². The Morgan fingerprint density at radius 1 is 0.775 bits per heavy atom. The third-order valence-electron chi connectivity index (χ3n) is 9.73. The van der Waals surface area contributed by atoms with Crippen LogP contribution >= 0.6 is 22.7 Å². The van der Waals surface area contributed by atoms with Crippen molar-refractivity contribution < 1.29 is 19.5 Å². The number of Topliss-reactive ketones (excluding diaryl/α,β-unsaturated/α-hetero) is 3. The van der Waals surface area contributed by atoms with Crippen LogP contribution < -0.4 is 0 Å². The number of benzene rings is 1. The summed E-state index contributed by atoms with van der Waals surface area (Å²) in [7, 11) is 0. The minimum Gasteiger partial charge on any atom is -0.382 e. The average Bonchev–Trinajstić information content (AvgIpc) is 3.75. The molecule has 0 saturated heterocycles. The lowest BCUT2D eigenvalue weighted by Gasteiger charge is -2.34. The molecule has 2 aromatic heterocycles. The number of carbonyl (C=O) groups is 3. The zero-order chi connectivity index (χ0) is 27.2. The van der Waals surface area contributed by atoms with Crippen molar-refractivity contribution in [3.8, 4) is 9.75 Å². The van der Waals surface area contributed by atoms with Gasteiger partial charge in [0.05, 0.1) is 9.75 Å². The van der Waals surface area contributed by atoms with Crippen LogP contribution in [0.15, 0.2) is 46.4 Å². The summed E-state index contributed by atoms with van der Waals surface area (Å²) in [4.78, 5) is 51.0. The second-order valence-corrected chi connectivity index (χ2v) is 13.9. The molecule has 3 atom stereocenters. The molecule has 0 amide bonds. The van der Waals surface area contributed by atoms with Crippen LogP contribution in [0.5, 0.6) is 0 Å². The van der Waals surface area contributed by atoms with Crippen LogP contribution in [0, 0.1) is 11.8 Å². The first kappa shape index (κ1) is 24.7. The highest BCUT2D eigenvalue weighted by atomic mass is 32.1. The Morgan fingerprint density at radius 3 is 2.00 bits per heavy atom. The minimum absolute atomic E-state index is 0.0636. The van der Waals surface area contributed by atoms with Gasteiger partial charge in [-0.2, -0.15) is 0 Å².